The highest BCUT2D eigenvalue weighted by atomic mass is 32.2. The van der Waals surface area contributed by atoms with Crippen molar-refractivity contribution < 1.29 is 26.4 Å². The fraction of sp³-hybridized carbons (Fsp3) is 0.269. The summed E-state index contributed by atoms with van der Waals surface area (Å²) in [6.45, 7) is 2.20. The van der Waals surface area contributed by atoms with Crippen LogP contribution in [0.5, 0.6) is 5.75 Å². The number of nitrogens with zero attached hydrogens (tertiary/aromatic N) is 2. The molecule has 0 bridgehead atoms. The third kappa shape index (κ3) is 5.79. The highest BCUT2D eigenvalue weighted by Crippen LogP contribution is 2.31. The van der Waals surface area contributed by atoms with Crippen molar-refractivity contribution in [2.75, 3.05) is 36.4 Å². The number of para-hydroxylation sites is 1. The van der Waals surface area contributed by atoms with Crippen molar-refractivity contribution in [3.63, 3.8) is 0 Å². The second-order valence-electron chi connectivity index (χ2n) is 8.68. The number of ether oxygens (including phenoxy) is 1. The summed E-state index contributed by atoms with van der Waals surface area (Å²) in [6.07, 6.45) is 1.59. The molecule has 0 aromatic heterocycles. The van der Waals surface area contributed by atoms with Crippen LogP contribution in [0.3, 0.4) is 0 Å². The third-order valence-corrected chi connectivity index (χ3v) is 9.77. The van der Waals surface area contributed by atoms with E-state index >= 15 is 0 Å². The summed E-state index contributed by atoms with van der Waals surface area (Å²) in [7, 11) is -6.41. The van der Waals surface area contributed by atoms with Crippen molar-refractivity contribution in [3.8, 4) is 5.75 Å². The normalized spacial score (nSPS) is 14.3. The molecule has 1 aliphatic rings. The number of aryl methyl sites for hydroxylation is 1. The number of amides is 1. The lowest BCUT2D eigenvalue weighted by atomic mass is 10.2. The molecule has 0 atom stereocenters. The first-order valence-corrected chi connectivity index (χ1v) is 14.6. The molecular weight excluding hydrogens is 514 g/mol. The molecule has 0 aliphatic carbocycles. The van der Waals surface area contributed by atoms with Gasteiger partial charge >= 0.3 is 0 Å². The SMILES string of the molecule is COc1ccc(S(=O)(=O)N2CCCC2)cc1NC(=O)CN(c1ccccc1)S(=O)(=O)c1ccc(C)cc1. The average Bonchev–Trinajstić information content (AvgIpc) is 3.44. The summed E-state index contributed by atoms with van der Waals surface area (Å²) in [5.41, 5.74) is 1.35. The van der Waals surface area contributed by atoms with Gasteiger partial charge in [-0.3, -0.25) is 9.10 Å². The number of methoxy groups -OCH3 is 1. The number of sulfonamides is 2. The van der Waals surface area contributed by atoms with Crippen molar-refractivity contribution in [2.24, 2.45) is 0 Å². The van der Waals surface area contributed by atoms with Crippen molar-refractivity contribution in [1.82, 2.24) is 4.31 Å². The Morgan fingerprint density at radius 3 is 2.16 bits per heavy atom. The van der Waals surface area contributed by atoms with E-state index in [1.54, 1.807) is 42.5 Å². The number of nitrogens with one attached hydrogen (secondary N) is 1. The number of carbonyl (C=O) groups is 1. The number of hydrogen-bond acceptors (Lipinski definition) is 6. The molecule has 1 N–H and O–H groups in total. The maximum absolute atomic E-state index is 13.5. The number of carbonyl (C=O) groups excluding carboxylic acids is 1. The van der Waals surface area contributed by atoms with Crippen molar-refractivity contribution in [3.05, 3.63) is 78.4 Å². The third-order valence-electron chi connectivity index (χ3n) is 6.09. The van der Waals surface area contributed by atoms with Gasteiger partial charge in [0.25, 0.3) is 10.0 Å². The lowest BCUT2D eigenvalue weighted by Crippen LogP contribution is -2.38. The summed E-state index contributed by atoms with van der Waals surface area (Å²) < 4.78 is 60.9. The summed E-state index contributed by atoms with van der Waals surface area (Å²) in [6, 6.07) is 18.9. The average molecular weight is 544 g/mol. The van der Waals surface area contributed by atoms with Crippen LogP contribution in [0.1, 0.15) is 18.4 Å². The monoisotopic (exact) mass is 543 g/mol. The Hall–Kier alpha value is -3.41. The molecular formula is C26H29N3O6S2. The van der Waals surface area contributed by atoms with Crippen LogP contribution in [0.15, 0.2) is 82.6 Å². The molecule has 1 amide bonds. The minimum Gasteiger partial charge on any atom is -0.495 e. The van der Waals surface area contributed by atoms with Gasteiger partial charge in [0.05, 0.1) is 28.3 Å². The van der Waals surface area contributed by atoms with Gasteiger partial charge in [0.1, 0.15) is 12.3 Å². The molecule has 9 nitrogen and oxygen atoms in total. The van der Waals surface area contributed by atoms with E-state index < -0.39 is 32.5 Å². The van der Waals surface area contributed by atoms with E-state index in [9.17, 15) is 21.6 Å². The Bertz CT molecular complexity index is 1470. The van der Waals surface area contributed by atoms with Crippen LogP contribution in [-0.4, -0.2) is 53.8 Å². The lowest BCUT2D eigenvalue weighted by Gasteiger charge is -2.24. The van der Waals surface area contributed by atoms with E-state index in [0.29, 0.717) is 18.8 Å². The van der Waals surface area contributed by atoms with Crippen LogP contribution in [-0.2, 0) is 24.8 Å². The van der Waals surface area contributed by atoms with Crippen LogP contribution in [0, 0.1) is 6.92 Å². The molecule has 0 spiro atoms. The highest BCUT2D eigenvalue weighted by molar-refractivity contribution is 7.92. The molecule has 1 heterocycles. The van der Waals surface area contributed by atoms with E-state index in [1.807, 2.05) is 6.92 Å². The number of benzene rings is 3. The Balaban J connectivity index is 1.64. The minimum atomic E-state index is -4.08. The lowest BCUT2D eigenvalue weighted by molar-refractivity contribution is -0.114. The van der Waals surface area contributed by atoms with E-state index in [4.69, 9.17) is 4.74 Å². The topological polar surface area (TPSA) is 113 Å². The molecule has 0 unspecified atom stereocenters. The summed E-state index contributed by atoms with van der Waals surface area (Å²) in [4.78, 5) is 13.3. The molecule has 1 saturated heterocycles. The van der Waals surface area contributed by atoms with Crippen LogP contribution < -0.4 is 14.4 Å². The second kappa shape index (κ2) is 10.9. The molecule has 1 aliphatic heterocycles. The molecule has 37 heavy (non-hydrogen) atoms. The largest absolute Gasteiger partial charge is 0.495 e. The maximum atomic E-state index is 13.5. The number of rotatable bonds is 9. The molecule has 0 saturated carbocycles. The fourth-order valence-corrected chi connectivity index (χ4v) is 7.05. The highest BCUT2D eigenvalue weighted by Gasteiger charge is 2.30. The summed E-state index contributed by atoms with van der Waals surface area (Å²) in [5.74, 6) is -0.407. The predicted molar refractivity (Wildman–Crippen MR) is 142 cm³/mol. The van der Waals surface area contributed by atoms with Gasteiger partial charge in [-0.2, -0.15) is 4.31 Å². The molecule has 3 aromatic rings. The van der Waals surface area contributed by atoms with Crippen LogP contribution in [0.2, 0.25) is 0 Å². The summed E-state index contributed by atoms with van der Waals surface area (Å²) in [5, 5.41) is 2.64. The fourth-order valence-electron chi connectivity index (χ4n) is 4.09. The van der Waals surface area contributed by atoms with E-state index in [2.05, 4.69) is 5.32 Å². The van der Waals surface area contributed by atoms with Crippen LogP contribution in [0.4, 0.5) is 11.4 Å². The standard InChI is InChI=1S/C26H29N3O6S2/c1-20-10-12-22(13-11-20)37(33,34)29(21-8-4-3-5-9-21)19-26(30)27-24-18-23(14-15-25(24)35-2)36(31,32)28-16-6-7-17-28/h3-5,8-15,18H,6-7,16-17,19H2,1-2H3,(H,27,30). The van der Waals surface area contributed by atoms with Crippen molar-refractivity contribution >= 4 is 37.3 Å². The zero-order valence-electron chi connectivity index (χ0n) is 20.6. The van der Waals surface area contributed by atoms with E-state index in [-0.39, 0.29) is 21.2 Å². The zero-order valence-corrected chi connectivity index (χ0v) is 22.3. The van der Waals surface area contributed by atoms with E-state index in [0.717, 1.165) is 22.7 Å². The van der Waals surface area contributed by atoms with Gasteiger partial charge in [0, 0.05) is 13.1 Å². The zero-order chi connectivity index (χ0) is 26.6. The molecule has 3 aromatic carbocycles. The van der Waals surface area contributed by atoms with Crippen LogP contribution >= 0.6 is 0 Å². The molecule has 11 heteroatoms. The van der Waals surface area contributed by atoms with Gasteiger partial charge in [0.2, 0.25) is 15.9 Å². The predicted octanol–water partition coefficient (Wildman–Crippen LogP) is 3.62. The first-order valence-electron chi connectivity index (χ1n) is 11.8. The Morgan fingerprint density at radius 1 is 0.919 bits per heavy atom. The molecule has 0 radical (unpaired) electrons. The minimum absolute atomic E-state index is 0.0256. The Labute approximate surface area is 217 Å². The van der Waals surface area contributed by atoms with Crippen molar-refractivity contribution in [1.29, 1.82) is 0 Å². The van der Waals surface area contributed by atoms with E-state index in [1.165, 1.54) is 41.7 Å². The van der Waals surface area contributed by atoms with Gasteiger partial charge in [0.15, 0.2) is 0 Å². The van der Waals surface area contributed by atoms with Gasteiger partial charge in [-0.05, 0) is 62.2 Å². The van der Waals surface area contributed by atoms with Gasteiger partial charge in [-0.25, -0.2) is 16.8 Å². The summed E-state index contributed by atoms with van der Waals surface area (Å²) >= 11 is 0. The first-order chi connectivity index (χ1) is 17.6. The molecule has 4 rings (SSSR count). The first kappa shape index (κ1) is 26.6. The van der Waals surface area contributed by atoms with Gasteiger partial charge in [-0.15, -0.1) is 0 Å². The van der Waals surface area contributed by atoms with Gasteiger partial charge in [-0.1, -0.05) is 35.9 Å². The smallest absolute Gasteiger partial charge is 0.264 e. The molecule has 196 valence electrons. The van der Waals surface area contributed by atoms with Gasteiger partial charge < -0.3 is 10.1 Å². The Kier molecular flexibility index (Phi) is 7.86. The van der Waals surface area contributed by atoms with Crippen LogP contribution in [0.25, 0.3) is 0 Å². The molecule has 1 fully saturated rings. The number of anilines is 2. The number of hydrogen-bond donors (Lipinski definition) is 1. The van der Waals surface area contributed by atoms with Crippen molar-refractivity contribution in [2.45, 2.75) is 29.6 Å². The Morgan fingerprint density at radius 2 is 1.54 bits per heavy atom. The quantitative estimate of drug-likeness (QED) is 0.441. The maximum Gasteiger partial charge on any atom is 0.264 e. The second-order valence-corrected chi connectivity index (χ2v) is 12.5.